The van der Waals surface area contributed by atoms with Gasteiger partial charge in [-0.25, -0.2) is 0 Å². The summed E-state index contributed by atoms with van der Waals surface area (Å²) in [4.78, 5) is 0. The molecule has 2 rings (SSSR count). The third-order valence-electron chi connectivity index (χ3n) is 5.45. The average molecular weight is 310 g/mol. The van der Waals surface area contributed by atoms with Gasteiger partial charge in [0.25, 0.3) is 5.60 Å². The van der Waals surface area contributed by atoms with Gasteiger partial charge in [0.1, 0.15) is 23.7 Å². The van der Waals surface area contributed by atoms with E-state index in [1.54, 1.807) is 0 Å². The van der Waals surface area contributed by atoms with E-state index >= 15 is 0 Å². The van der Waals surface area contributed by atoms with Crippen molar-refractivity contribution >= 4 is 0 Å². The summed E-state index contributed by atoms with van der Waals surface area (Å²) in [6.07, 6.45) is 7.82. The molecule has 0 aromatic heterocycles. The number of ether oxygens (including phenoxy) is 1. The topological polar surface area (TPSA) is 104 Å². The largest absolute Gasteiger partial charge is 0.328 e. The van der Waals surface area contributed by atoms with Gasteiger partial charge in [0, 0.05) is 0 Å². The molecular formula is C18H22N4O. The molecule has 0 bridgehead atoms. The van der Waals surface area contributed by atoms with Crippen LogP contribution >= 0.6 is 0 Å². The second kappa shape index (κ2) is 7.46. The molecule has 1 saturated heterocycles. The predicted octanol–water partition coefficient (Wildman–Crippen LogP) is 3.74. The van der Waals surface area contributed by atoms with Crippen LogP contribution in [0.3, 0.4) is 0 Å². The van der Waals surface area contributed by atoms with Gasteiger partial charge in [0.15, 0.2) is 0 Å². The Bertz CT molecular complexity index is 574. The average Bonchev–Trinajstić information content (AvgIpc) is 3.00. The molecule has 3 unspecified atom stereocenters. The van der Waals surface area contributed by atoms with Gasteiger partial charge in [0.2, 0.25) is 0 Å². The van der Waals surface area contributed by atoms with Crippen LogP contribution in [0.25, 0.3) is 0 Å². The molecule has 0 radical (unpaired) electrons. The molecule has 0 aromatic rings. The van der Waals surface area contributed by atoms with Crippen molar-refractivity contribution in [3.63, 3.8) is 0 Å². The van der Waals surface area contributed by atoms with Crippen LogP contribution in [0.1, 0.15) is 64.2 Å². The summed E-state index contributed by atoms with van der Waals surface area (Å²) in [5, 5.41) is 38.7. The second-order valence-corrected chi connectivity index (χ2v) is 6.66. The van der Waals surface area contributed by atoms with Gasteiger partial charge in [-0.15, -0.1) is 0 Å². The lowest BCUT2D eigenvalue weighted by Crippen LogP contribution is -2.51. The maximum Gasteiger partial charge on any atom is 0.261 e. The third kappa shape index (κ3) is 3.03. The molecule has 0 spiro atoms. The van der Waals surface area contributed by atoms with Crippen molar-refractivity contribution < 1.29 is 4.74 Å². The first kappa shape index (κ1) is 17.3. The zero-order valence-electron chi connectivity index (χ0n) is 13.4. The summed E-state index contributed by atoms with van der Waals surface area (Å²) in [7, 11) is 0. The van der Waals surface area contributed by atoms with Crippen molar-refractivity contribution in [1.29, 1.82) is 21.0 Å². The quantitative estimate of drug-likeness (QED) is 0.677. The molecule has 0 aromatic carbocycles. The molecule has 2 aliphatic rings. The maximum atomic E-state index is 9.90. The van der Waals surface area contributed by atoms with Crippen LogP contribution in [0.15, 0.2) is 0 Å². The molecular weight excluding hydrogens is 288 g/mol. The van der Waals surface area contributed by atoms with Crippen molar-refractivity contribution in [2.24, 2.45) is 11.3 Å². The molecule has 23 heavy (non-hydrogen) atoms. The Morgan fingerprint density at radius 3 is 1.96 bits per heavy atom. The first-order valence-electron chi connectivity index (χ1n) is 8.49. The van der Waals surface area contributed by atoms with Gasteiger partial charge in [0.05, 0.1) is 12.1 Å². The Morgan fingerprint density at radius 2 is 1.35 bits per heavy atom. The van der Waals surface area contributed by atoms with Crippen molar-refractivity contribution in [3.8, 4) is 24.3 Å². The Kier molecular flexibility index (Phi) is 5.60. The monoisotopic (exact) mass is 310 g/mol. The van der Waals surface area contributed by atoms with Gasteiger partial charge in [-0.1, -0.05) is 32.1 Å². The minimum atomic E-state index is -1.84. The van der Waals surface area contributed by atoms with E-state index in [0.717, 1.165) is 51.4 Å². The highest BCUT2D eigenvalue weighted by Crippen LogP contribution is 2.54. The number of hydrogen-bond acceptors (Lipinski definition) is 5. The molecule has 5 nitrogen and oxygen atoms in total. The van der Waals surface area contributed by atoms with E-state index in [9.17, 15) is 21.0 Å². The highest BCUT2D eigenvalue weighted by Gasteiger charge is 2.61. The van der Waals surface area contributed by atoms with Crippen molar-refractivity contribution in [2.45, 2.75) is 75.9 Å². The Labute approximate surface area is 138 Å². The summed E-state index contributed by atoms with van der Waals surface area (Å²) in [5.74, 6) is -0.00873. The number of fused-ring (bicyclic) bond motifs is 1. The highest BCUT2D eigenvalue weighted by atomic mass is 16.5. The number of nitrogens with zero attached hydrogens (tertiary/aromatic N) is 4. The van der Waals surface area contributed by atoms with Gasteiger partial charge < -0.3 is 4.74 Å². The van der Waals surface area contributed by atoms with Crippen molar-refractivity contribution in [1.82, 2.24) is 0 Å². The lowest BCUT2D eigenvalue weighted by molar-refractivity contribution is -0.0769. The smallest absolute Gasteiger partial charge is 0.261 e. The van der Waals surface area contributed by atoms with E-state index in [0.29, 0.717) is 12.8 Å². The maximum absolute atomic E-state index is 9.90. The van der Waals surface area contributed by atoms with Crippen LogP contribution in [-0.4, -0.2) is 11.7 Å². The van der Waals surface area contributed by atoms with Gasteiger partial charge in [-0.3, -0.25) is 0 Å². The minimum absolute atomic E-state index is 0.00873. The number of rotatable bonds is 0. The van der Waals surface area contributed by atoms with Crippen LogP contribution in [0, 0.1) is 56.7 Å². The standard InChI is InChI=1S/C18H22N4O/c19-11-16-9-5-3-1-2-4-7-15-8-6-10-17(15,12-20)18(13-21,14-22)23-16/h15-16H,1-10H2. The molecule has 1 heterocycles. The second-order valence-electron chi connectivity index (χ2n) is 6.66. The summed E-state index contributed by atoms with van der Waals surface area (Å²) >= 11 is 0. The van der Waals surface area contributed by atoms with E-state index in [2.05, 4.69) is 12.1 Å². The first-order chi connectivity index (χ1) is 11.2. The molecule has 3 atom stereocenters. The molecule has 1 saturated carbocycles. The first-order valence-corrected chi connectivity index (χ1v) is 8.49. The van der Waals surface area contributed by atoms with Crippen LogP contribution < -0.4 is 0 Å². The van der Waals surface area contributed by atoms with E-state index in [1.807, 2.05) is 12.1 Å². The molecule has 1 aliphatic carbocycles. The molecule has 1 aliphatic heterocycles. The fraction of sp³-hybridized carbons (Fsp3) is 0.778. The number of hydrogen-bond donors (Lipinski definition) is 0. The SMILES string of the molecule is N#CC1CCCCCCCC2CCCC2(C#N)C(C#N)(C#N)O1. The lowest BCUT2D eigenvalue weighted by atomic mass is 9.65. The van der Waals surface area contributed by atoms with E-state index in [1.165, 1.54) is 0 Å². The fourth-order valence-electron chi connectivity index (χ4n) is 4.15. The van der Waals surface area contributed by atoms with Crippen LogP contribution in [0.4, 0.5) is 0 Å². The molecule has 120 valence electrons. The van der Waals surface area contributed by atoms with E-state index < -0.39 is 17.1 Å². The predicted molar refractivity (Wildman–Crippen MR) is 82.1 cm³/mol. The van der Waals surface area contributed by atoms with Crippen molar-refractivity contribution in [2.75, 3.05) is 0 Å². The van der Waals surface area contributed by atoms with Gasteiger partial charge >= 0.3 is 0 Å². The summed E-state index contributed by atoms with van der Waals surface area (Å²) in [5.41, 5.74) is -2.96. The zero-order valence-corrected chi connectivity index (χ0v) is 13.4. The third-order valence-corrected chi connectivity index (χ3v) is 5.45. The normalized spacial score (nSPS) is 34.3. The van der Waals surface area contributed by atoms with E-state index in [-0.39, 0.29) is 5.92 Å². The molecule has 0 N–H and O–H groups in total. The van der Waals surface area contributed by atoms with Crippen LogP contribution in [0.5, 0.6) is 0 Å². The summed E-state index contributed by atoms with van der Waals surface area (Å²) < 4.78 is 5.76. The highest BCUT2D eigenvalue weighted by molar-refractivity contribution is 5.34. The molecule has 0 amide bonds. The minimum Gasteiger partial charge on any atom is -0.328 e. The molecule has 2 fully saturated rings. The lowest BCUT2D eigenvalue weighted by Gasteiger charge is -2.39. The van der Waals surface area contributed by atoms with Gasteiger partial charge in [-0.05, 0) is 38.0 Å². The fourth-order valence-corrected chi connectivity index (χ4v) is 4.15. The zero-order chi connectivity index (χ0) is 16.8. The summed E-state index contributed by atoms with van der Waals surface area (Å²) in [6, 6.07) is 8.34. The molecule has 5 heteroatoms. The number of nitriles is 4. The Hall–Kier alpha value is -2.08. The Balaban J connectivity index is 2.45. The Morgan fingerprint density at radius 1 is 0.739 bits per heavy atom. The van der Waals surface area contributed by atoms with Crippen molar-refractivity contribution in [3.05, 3.63) is 0 Å². The van der Waals surface area contributed by atoms with Gasteiger partial charge in [-0.2, -0.15) is 21.0 Å². The van der Waals surface area contributed by atoms with Crippen LogP contribution in [0.2, 0.25) is 0 Å². The summed E-state index contributed by atoms with van der Waals surface area (Å²) in [6.45, 7) is 0. The van der Waals surface area contributed by atoms with E-state index in [4.69, 9.17) is 4.74 Å². The van der Waals surface area contributed by atoms with Crippen LogP contribution in [-0.2, 0) is 4.74 Å².